The summed E-state index contributed by atoms with van der Waals surface area (Å²) in [6.45, 7) is 4.34. The molecule has 6 heteroatoms. The summed E-state index contributed by atoms with van der Waals surface area (Å²) in [5, 5.41) is 0. The van der Waals surface area contributed by atoms with Gasteiger partial charge in [-0.15, -0.1) is 0 Å². The Kier molecular flexibility index (Phi) is 4.46. The van der Waals surface area contributed by atoms with Crippen LogP contribution >= 0.6 is 0 Å². The molecule has 0 spiro atoms. The van der Waals surface area contributed by atoms with E-state index in [1.807, 2.05) is 18.0 Å². The minimum absolute atomic E-state index is 0.106. The number of amides is 1. The van der Waals surface area contributed by atoms with Crippen LogP contribution in [0.15, 0.2) is 10.6 Å². The SMILES string of the molecule is Cc1oc2c(c1C(=O)N1CCc3nc([C@@H]4CCCN4C)ncc3C1)CCCC2. The summed E-state index contributed by atoms with van der Waals surface area (Å²) in [6.07, 6.45) is 9.29. The Hall–Kier alpha value is -2.21. The number of carbonyl (C=O) groups is 1. The van der Waals surface area contributed by atoms with Crippen molar-refractivity contribution in [2.24, 2.45) is 0 Å². The zero-order valence-electron chi connectivity index (χ0n) is 16.8. The van der Waals surface area contributed by atoms with Gasteiger partial charge in [-0.3, -0.25) is 9.69 Å². The van der Waals surface area contributed by atoms with Gasteiger partial charge in [0.25, 0.3) is 5.91 Å². The first-order valence-electron chi connectivity index (χ1n) is 10.6. The molecule has 1 saturated heterocycles. The number of hydrogen-bond donors (Lipinski definition) is 0. The molecule has 2 aliphatic heterocycles. The summed E-state index contributed by atoms with van der Waals surface area (Å²) in [7, 11) is 2.15. The molecule has 0 aromatic carbocycles. The second-order valence-electron chi connectivity index (χ2n) is 8.46. The van der Waals surface area contributed by atoms with Crippen molar-refractivity contribution in [3.05, 3.63) is 45.9 Å². The van der Waals surface area contributed by atoms with Crippen molar-refractivity contribution in [1.82, 2.24) is 19.8 Å². The minimum Gasteiger partial charge on any atom is -0.465 e. The van der Waals surface area contributed by atoms with Crippen LogP contribution in [0.3, 0.4) is 0 Å². The molecule has 1 fully saturated rings. The highest BCUT2D eigenvalue weighted by molar-refractivity contribution is 5.97. The van der Waals surface area contributed by atoms with E-state index in [2.05, 4.69) is 16.9 Å². The van der Waals surface area contributed by atoms with E-state index < -0.39 is 0 Å². The summed E-state index contributed by atoms with van der Waals surface area (Å²) in [5.74, 6) is 2.85. The van der Waals surface area contributed by atoms with Crippen molar-refractivity contribution in [3.63, 3.8) is 0 Å². The van der Waals surface area contributed by atoms with Crippen molar-refractivity contribution < 1.29 is 9.21 Å². The van der Waals surface area contributed by atoms with Crippen LogP contribution in [-0.4, -0.2) is 45.8 Å². The first-order chi connectivity index (χ1) is 13.6. The predicted octanol–water partition coefficient (Wildman–Crippen LogP) is 3.22. The van der Waals surface area contributed by atoms with Gasteiger partial charge in [0.05, 0.1) is 17.3 Å². The zero-order valence-corrected chi connectivity index (χ0v) is 16.8. The van der Waals surface area contributed by atoms with Gasteiger partial charge in [0, 0.05) is 43.3 Å². The third-order valence-corrected chi connectivity index (χ3v) is 6.62. The molecule has 0 unspecified atom stereocenters. The number of nitrogens with zero attached hydrogens (tertiary/aromatic N) is 4. The molecule has 1 amide bonds. The fourth-order valence-electron chi connectivity index (χ4n) is 5.04. The van der Waals surface area contributed by atoms with E-state index in [0.29, 0.717) is 19.1 Å². The lowest BCUT2D eigenvalue weighted by Crippen LogP contribution is -2.37. The third kappa shape index (κ3) is 2.94. The Morgan fingerprint density at radius 1 is 1.18 bits per heavy atom. The molecule has 5 rings (SSSR count). The molecule has 1 atom stereocenters. The van der Waals surface area contributed by atoms with Gasteiger partial charge in [0.1, 0.15) is 17.3 Å². The van der Waals surface area contributed by atoms with Crippen molar-refractivity contribution in [3.8, 4) is 0 Å². The number of fused-ring (bicyclic) bond motifs is 2. The maximum absolute atomic E-state index is 13.3. The van der Waals surface area contributed by atoms with Crippen LogP contribution in [0.1, 0.15) is 76.2 Å². The largest absolute Gasteiger partial charge is 0.465 e. The number of aromatic nitrogens is 2. The average Bonchev–Trinajstić information content (AvgIpc) is 3.28. The topological polar surface area (TPSA) is 62.5 Å². The van der Waals surface area contributed by atoms with Crippen molar-refractivity contribution in [2.45, 2.75) is 64.5 Å². The Balaban J connectivity index is 1.38. The Morgan fingerprint density at radius 3 is 2.86 bits per heavy atom. The zero-order chi connectivity index (χ0) is 19.3. The molecule has 3 aliphatic rings. The second kappa shape index (κ2) is 6.99. The van der Waals surface area contributed by atoms with Crippen LogP contribution in [0.2, 0.25) is 0 Å². The molecule has 0 N–H and O–H groups in total. The lowest BCUT2D eigenvalue weighted by atomic mass is 9.93. The molecule has 0 saturated carbocycles. The van der Waals surface area contributed by atoms with E-state index >= 15 is 0 Å². The highest BCUT2D eigenvalue weighted by Crippen LogP contribution is 2.32. The van der Waals surface area contributed by atoms with Crippen LogP contribution in [0.4, 0.5) is 0 Å². The van der Waals surface area contributed by atoms with Crippen LogP contribution < -0.4 is 0 Å². The molecule has 6 nitrogen and oxygen atoms in total. The standard InChI is InChI=1S/C22H28N4O2/c1-14-20(16-6-3-4-8-19(16)28-14)22(27)26-11-9-17-15(13-26)12-23-21(24-17)18-7-5-10-25(18)2/h12,18H,3-11,13H2,1-2H3/t18-/m0/s1. The fourth-order valence-corrected chi connectivity index (χ4v) is 5.04. The van der Waals surface area contributed by atoms with Gasteiger partial charge in [-0.1, -0.05) is 0 Å². The minimum atomic E-state index is 0.106. The number of likely N-dealkylation sites (tertiary alicyclic amines) is 1. The number of hydrogen-bond acceptors (Lipinski definition) is 5. The van der Waals surface area contributed by atoms with Crippen LogP contribution in [0, 0.1) is 6.92 Å². The molecule has 28 heavy (non-hydrogen) atoms. The maximum Gasteiger partial charge on any atom is 0.257 e. The van der Waals surface area contributed by atoms with Gasteiger partial charge >= 0.3 is 0 Å². The van der Waals surface area contributed by atoms with E-state index in [9.17, 15) is 4.79 Å². The average molecular weight is 380 g/mol. The van der Waals surface area contributed by atoms with E-state index in [-0.39, 0.29) is 5.91 Å². The molecular weight excluding hydrogens is 352 g/mol. The normalized spacial score (nSPS) is 22.2. The van der Waals surface area contributed by atoms with Crippen LogP contribution in [0.25, 0.3) is 0 Å². The van der Waals surface area contributed by atoms with Gasteiger partial charge < -0.3 is 9.32 Å². The van der Waals surface area contributed by atoms with Gasteiger partial charge in [-0.05, 0) is 52.6 Å². The first-order valence-corrected chi connectivity index (χ1v) is 10.6. The molecule has 2 aromatic rings. The summed E-state index contributed by atoms with van der Waals surface area (Å²) in [4.78, 5) is 27.1. The lowest BCUT2D eigenvalue weighted by Gasteiger charge is -2.29. The van der Waals surface area contributed by atoms with Crippen LogP contribution in [-0.2, 0) is 25.8 Å². The summed E-state index contributed by atoms with van der Waals surface area (Å²) in [5.41, 5.74) is 4.15. The molecule has 4 heterocycles. The number of aryl methyl sites for hydroxylation is 2. The Labute approximate surface area is 165 Å². The van der Waals surface area contributed by atoms with Gasteiger partial charge in [0.2, 0.25) is 0 Å². The van der Waals surface area contributed by atoms with Crippen molar-refractivity contribution in [2.75, 3.05) is 20.1 Å². The molecule has 1 aliphatic carbocycles. The molecule has 148 valence electrons. The Bertz CT molecular complexity index is 920. The molecule has 0 bridgehead atoms. The lowest BCUT2D eigenvalue weighted by molar-refractivity contribution is 0.0730. The quantitative estimate of drug-likeness (QED) is 0.800. The summed E-state index contributed by atoms with van der Waals surface area (Å²) in [6, 6.07) is 0.338. The predicted molar refractivity (Wildman–Crippen MR) is 105 cm³/mol. The third-order valence-electron chi connectivity index (χ3n) is 6.62. The molecule has 0 radical (unpaired) electrons. The van der Waals surface area contributed by atoms with Gasteiger partial charge in [-0.25, -0.2) is 9.97 Å². The fraction of sp³-hybridized carbons (Fsp3) is 0.591. The van der Waals surface area contributed by atoms with E-state index in [1.165, 1.54) is 6.42 Å². The van der Waals surface area contributed by atoms with Gasteiger partial charge in [-0.2, -0.15) is 0 Å². The smallest absolute Gasteiger partial charge is 0.257 e. The maximum atomic E-state index is 13.3. The van der Waals surface area contributed by atoms with Gasteiger partial charge in [0.15, 0.2) is 0 Å². The summed E-state index contributed by atoms with van der Waals surface area (Å²) >= 11 is 0. The van der Waals surface area contributed by atoms with Crippen LogP contribution in [0.5, 0.6) is 0 Å². The van der Waals surface area contributed by atoms with E-state index in [4.69, 9.17) is 9.40 Å². The number of rotatable bonds is 2. The second-order valence-corrected chi connectivity index (χ2v) is 8.46. The first kappa shape index (κ1) is 17.9. The molecule has 2 aromatic heterocycles. The van der Waals surface area contributed by atoms with Crippen molar-refractivity contribution in [1.29, 1.82) is 0 Å². The highest BCUT2D eigenvalue weighted by atomic mass is 16.3. The number of carbonyl (C=O) groups excluding carboxylic acids is 1. The Morgan fingerprint density at radius 2 is 2.04 bits per heavy atom. The van der Waals surface area contributed by atoms with Crippen molar-refractivity contribution >= 4 is 5.91 Å². The van der Waals surface area contributed by atoms with E-state index in [0.717, 1.165) is 84.8 Å². The highest BCUT2D eigenvalue weighted by Gasteiger charge is 2.31. The monoisotopic (exact) mass is 380 g/mol. The number of furan rings is 1. The summed E-state index contributed by atoms with van der Waals surface area (Å²) < 4.78 is 5.92. The molecular formula is C22H28N4O2. The van der Waals surface area contributed by atoms with E-state index in [1.54, 1.807) is 0 Å².